The Labute approximate surface area is 153 Å². The van der Waals surface area contributed by atoms with Gasteiger partial charge in [-0.25, -0.2) is 9.78 Å². The second-order valence-electron chi connectivity index (χ2n) is 5.96. The smallest absolute Gasteiger partial charge is 0.349 e. The maximum absolute atomic E-state index is 12.5. The molecule has 2 aromatic carbocycles. The van der Waals surface area contributed by atoms with Crippen LogP contribution in [0.25, 0.3) is 33.5 Å². The summed E-state index contributed by atoms with van der Waals surface area (Å²) in [5, 5.41) is 11.2. The highest BCUT2D eigenvalue weighted by molar-refractivity contribution is 7.71. The van der Waals surface area contributed by atoms with Crippen LogP contribution in [0, 0.1) is 11.7 Å². The van der Waals surface area contributed by atoms with Gasteiger partial charge in [0.15, 0.2) is 4.77 Å². The topological polar surface area (TPSA) is 79.1 Å². The van der Waals surface area contributed by atoms with E-state index in [4.69, 9.17) is 16.6 Å². The number of aromatic nitrogens is 2. The van der Waals surface area contributed by atoms with E-state index in [0.717, 1.165) is 11.1 Å². The zero-order chi connectivity index (χ0) is 18.3. The van der Waals surface area contributed by atoms with E-state index in [0.29, 0.717) is 22.4 Å². The summed E-state index contributed by atoms with van der Waals surface area (Å²) >= 11 is 5.21. The number of benzene rings is 2. The van der Waals surface area contributed by atoms with Crippen molar-refractivity contribution in [1.82, 2.24) is 9.97 Å². The number of aryl methyl sites for hydroxylation is 1. The predicted molar refractivity (Wildman–Crippen MR) is 103 cm³/mol. The quantitative estimate of drug-likeness (QED) is 0.403. The molecule has 0 aliphatic carbocycles. The fourth-order valence-corrected chi connectivity index (χ4v) is 3.10. The Morgan fingerprint density at radius 2 is 1.88 bits per heavy atom. The lowest BCUT2D eigenvalue weighted by Gasteiger charge is -2.09. The molecule has 4 rings (SSSR count). The van der Waals surface area contributed by atoms with Gasteiger partial charge >= 0.3 is 5.63 Å². The molecule has 0 spiro atoms. The van der Waals surface area contributed by atoms with E-state index in [1.54, 1.807) is 18.2 Å². The van der Waals surface area contributed by atoms with Crippen LogP contribution in [0.3, 0.4) is 0 Å². The number of rotatable bonds is 2. The normalized spacial score (nSPS) is 11.0. The van der Waals surface area contributed by atoms with Crippen LogP contribution in [0.1, 0.15) is 5.56 Å². The number of nitrogens with zero attached hydrogens (tertiary/aromatic N) is 1. The summed E-state index contributed by atoms with van der Waals surface area (Å²) in [5.41, 5.74) is 2.49. The molecular weight excluding hydrogens is 348 g/mol. The minimum Gasteiger partial charge on any atom is -0.506 e. The summed E-state index contributed by atoms with van der Waals surface area (Å²) in [7, 11) is 0. The maximum Gasteiger partial charge on any atom is 0.349 e. The third-order valence-corrected chi connectivity index (χ3v) is 4.31. The Hall–Kier alpha value is -3.25. The van der Waals surface area contributed by atoms with Crippen molar-refractivity contribution in [3.05, 3.63) is 75.4 Å². The van der Waals surface area contributed by atoms with E-state index < -0.39 is 5.63 Å². The SMILES string of the molecule is Cc1ccc2oc(=O)c(-c3cc(-c4ccccc4)nc(=S)[nH]3)c(O)c2c1. The molecule has 0 amide bonds. The van der Waals surface area contributed by atoms with Gasteiger partial charge < -0.3 is 14.5 Å². The van der Waals surface area contributed by atoms with Gasteiger partial charge in [-0.3, -0.25) is 0 Å². The first-order chi connectivity index (χ1) is 12.5. The highest BCUT2D eigenvalue weighted by atomic mass is 32.1. The van der Waals surface area contributed by atoms with Gasteiger partial charge in [0.2, 0.25) is 0 Å². The van der Waals surface area contributed by atoms with Crippen molar-refractivity contribution < 1.29 is 9.52 Å². The molecule has 0 fully saturated rings. The fraction of sp³-hybridized carbons (Fsp3) is 0.0500. The molecule has 6 heteroatoms. The van der Waals surface area contributed by atoms with Gasteiger partial charge in [-0.2, -0.15) is 0 Å². The van der Waals surface area contributed by atoms with E-state index in [9.17, 15) is 9.90 Å². The van der Waals surface area contributed by atoms with Crippen LogP contribution in [0.5, 0.6) is 5.75 Å². The van der Waals surface area contributed by atoms with Crippen molar-refractivity contribution in [2.24, 2.45) is 0 Å². The largest absolute Gasteiger partial charge is 0.506 e. The number of hydrogen-bond donors (Lipinski definition) is 2. The second-order valence-corrected chi connectivity index (χ2v) is 6.35. The molecule has 0 bridgehead atoms. The predicted octanol–water partition coefficient (Wildman–Crippen LogP) is 4.59. The number of nitrogens with one attached hydrogen (secondary N) is 1. The molecule has 0 aliphatic rings. The molecule has 0 atom stereocenters. The van der Waals surface area contributed by atoms with E-state index in [1.807, 2.05) is 43.3 Å². The Bertz CT molecular complexity index is 1240. The average molecular weight is 362 g/mol. The van der Waals surface area contributed by atoms with Crippen molar-refractivity contribution in [1.29, 1.82) is 0 Å². The Morgan fingerprint density at radius 1 is 1.12 bits per heavy atom. The first-order valence-corrected chi connectivity index (χ1v) is 8.37. The van der Waals surface area contributed by atoms with Gasteiger partial charge in [0.25, 0.3) is 0 Å². The first kappa shape index (κ1) is 16.2. The summed E-state index contributed by atoms with van der Waals surface area (Å²) in [6.07, 6.45) is 0. The van der Waals surface area contributed by atoms with Gasteiger partial charge in [-0.1, -0.05) is 42.0 Å². The minimum absolute atomic E-state index is 0.0359. The summed E-state index contributed by atoms with van der Waals surface area (Å²) in [6.45, 7) is 1.90. The highest BCUT2D eigenvalue weighted by Gasteiger charge is 2.17. The zero-order valence-electron chi connectivity index (χ0n) is 13.8. The fourth-order valence-electron chi connectivity index (χ4n) is 2.89. The average Bonchev–Trinajstić information content (AvgIpc) is 2.63. The molecule has 2 N–H and O–H groups in total. The molecule has 0 saturated carbocycles. The van der Waals surface area contributed by atoms with Crippen molar-refractivity contribution >= 4 is 23.2 Å². The summed E-state index contributed by atoms with van der Waals surface area (Å²) in [6, 6.07) is 16.4. The summed E-state index contributed by atoms with van der Waals surface area (Å²) in [4.78, 5) is 19.7. The number of fused-ring (bicyclic) bond motifs is 1. The number of hydrogen-bond acceptors (Lipinski definition) is 5. The van der Waals surface area contributed by atoms with Crippen LogP contribution >= 0.6 is 12.2 Å². The zero-order valence-corrected chi connectivity index (χ0v) is 14.6. The Morgan fingerprint density at radius 3 is 2.65 bits per heavy atom. The highest BCUT2D eigenvalue weighted by Crippen LogP contribution is 2.33. The number of H-pyrrole nitrogens is 1. The molecule has 2 heterocycles. The molecule has 128 valence electrons. The van der Waals surface area contributed by atoms with Gasteiger partial charge in [0.1, 0.15) is 16.9 Å². The minimum atomic E-state index is -0.644. The number of aromatic amines is 1. The van der Waals surface area contributed by atoms with Gasteiger partial charge in [0.05, 0.1) is 16.8 Å². The summed E-state index contributed by atoms with van der Waals surface area (Å²) < 4.78 is 5.59. The first-order valence-electron chi connectivity index (χ1n) is 7.96. The van der Waals surface area contributed by atoms with Gasteiger partial charge in [-0.05, 0) is 37.3 Å². The van der Waals surface area contributed by atoms with E-state index in [1.165, 1.54) is 0 Å². The molecule has 0 aliphatic heterocycles. The van der Waals surface area contributed by atoms with Crippen LogP contribution in [-0.4, -0.2) is 15.1 Å². The van der Waals surface area contributed by atoms with E-state index in [2.05, 4.69) is 9.97 Å². The van der Waals surface area contributed by atoms with Crippen LogP contribution in [0.15, 0.2) is 63.8 Å². The third kappa shape index (κ3) is 2.80. The Balaban J connectivity index is 2.00. The lowest BCUT2D eigenvalue weighted by atomic mass is 10.1. The molecule has 0 radical (unpaired) electrons. The molecule has 0 saturated heterocycles. The third-order valence-electron chi connectivity index (χ3n) is 4.12. The van der Waals surface area contributed by atoms with Crippen LogP contribution in [-0.2, 0) is 0 Å². The van der Waals surface area contributed by atoms with Crippen molar-refractivity contribution in [2.45, 2.75) is 6.92 Å². The van der Waals surface area contributed by atoms with Gasteiger partial charge in [-0.15, -0.1) is 0 Å². The van der Waals surface area contributed by atoms with Gasteiger partial charge in [0, 0.05) is 5.56 Å². The molecular formula is C20H14N2O3S. The monoisotopic (exact) mass is 362 g/mol. The molecule has 26 heavy (non-hydrogen) atoms. The standard InChI is InChI=1S/C20H14N2O3S/c1-11-7-8-16-13(9-11)18(23)17(19(24)25-16)15-10-14(21-20(26)22-15)12-5-3-2-4-6-12/h2-10,23H,1H3,(H,21,22,26). The summed E-state index contributed by atoms with van der Waals surface area (Å²) in [5.74, 6) is -0.143. The van der Waals surface area contributed by atoms with Crippen molar-refractivity contribution in [3.63, 3.8) is 0 Å². The lowest BCUT2D eigenvalue weighted by molar-refractivity contribution is 0.471. The van der Waals surface area contributed by atoms with Crippen molar-refractivity contribution in [3.8, 4) is 28.3 Å². The molecule has 5 nitrogen and oxygen atoms in total. The van der Waals surface area contributed by atoms with E-state index in [-0.39, 0.29) is 16.1 Å². The lowest BCUT2D eigenvalue weighted by Crippen LogP contribution is -2.06. The maximum atomic E-state index is 12.5. The van der Waals surface area contributed by atoms with E-state index >= 15 is 0 Å². The second kappa shape index (κ2) is 6.24. The van der Waals surface area contributed by atoms with Crippen LogP contribution in [0.4, 0.5) is 0 Å². The molecule has 0 unspecified atom stereocenters. The van der Waals surface area contributed by atoms with Crippen LogP contribution < -0.4 is 5.63 Å². The Kier molecular flexibility index (Phi) is 3.89. The van der Waals surface area contributed by atoms with Crippen LogP contribution in [0.2, 0.25) is 0 Å². The van der Waals surface area contributed by atoms with Crippen molar-refractivity contribution in [2.75, 3.05) is 0 Å². The number of aromatic hydroxyl groups is 1. The molecule has 2 aromatic heterocycles. The molecule has 4 aromatic rings.